The minimum absolute atomic E-state index is 0.0463. The van der Waals surface area contributed by atoms with E-state index in [1.165, 1.54) is 0 Å². The van der Waals surface area contributed by atoms with Crippen molar-refractivity contribution < 1.29 is 29.3 Å². The molecule has 0 fully saturated rings. The van der Waals surface area contributed by atoms with E-state index < -0.39 is 34.8 Å². The van der Waals surface area contributed by atoms with Crippen LogP contribution in [0.2, 0.25) is 0 Å². The van der Waals surface area contributed by atoms with Crippen LogP contribution in [0.15, 0.2) is 6.08 Å². The van der Waals surface area contributed by atoms with Crippen molar-refractivity contribution in [3.05, 3.63) is 22.8 Å². The summed E-state index contributed by atoms with van der Waals surface area (Å²) in [4.78, 5) is 25.5. The smallest absolute Gasteiger partial charge is 0.202 e. The molecule has 0 spiro atoms. The Labute approximate surface area is 152 Å². The minimum Gasteiger partial charge on any atom is -0.506 e. The van der Waals surface area contributed by atoms with Crippen molar-refractivity contribution in [3.63, 3.8) is 0 Å². The van der Waals surface area contributed by atoms with Gasteiger partial charge in [0, 0.05) is 5.92 Å². The fourth-order valence-electron chi connectivity index (χ4n) is 3.17. The second kappa shape index (κ2) is 5.58. The summed E-state index contributed by atoms with van der Waals surface area (Å²) in [5.41, 5.74) is -1.65. The van der Waals surface area contributed by atoms with Crippen LogP contribution in [-0.4, -0.2) is 39.1 Å². The van der Waals surface area contributed by atoms with E-state index >= 15 is 0 Å². The fraction of sp³-hybridized carbons (Fsp3) is 0.500. The highest BCUT2D eigenvalue weighted by Gasteiger charge is 2.47. The lowest BCUT2D eigenvalue weighted by Crippen LogP contribution is -2.50. The molecule has 0 amide bonds. The summed E-state index contributed by atoms with van der Waals surface area (Å²) in [7, 11) is 0. The standard InChI is InChI=1S/C20H24O6/c1-9(2)13(21)11-14(22)12-15(23)18(24)20(5,6)26-17(12)10-7-8-19(3,4)25-16(10)11/h7-9,18,22,24H,1-6H3/t18-/m0/s1. The van der Waals surface area contributed by atoms with E-state index in [1.54, 1.807) is 39.8 Å². The van der Waals surface area contributed by atoms with Crippen LogP contribution in [0, 0.1) is 5.92 Å². The lowest BCUT2D eigenvalue weighted by atomic mass is 9.84. The number of Topliss-reactive ketones (excluding diaryl/α,β-unsaturated/α-hetero) is 2. The van der Waals surface area contributed by atoms with Gasteiger partial charge in [0.15, 0.2) is 11.9 Å². The van der Waals surface area contributed by atoms with Gasteiger partial charge in [0.05, 0.1) is 5.56 Å². The number of fused-ring (bicyclic) bond motifs is 3. The molecule has 6 nitrogen and oxygen atoms in total. The summed E-state index contributed by atoms with van der Waals surface area (Å²) >= 11 is 0. The lowest BCUT2D eigenvalue weighted by Gasteiger charge is -2.39. The highest BCUT2D eigenvalue weighted by atomic mass is 16.5. The zero-order valence-corrected chi connectivity index (χ0v) is 15.8. The molecule has 2 heterocycles. The topological polar surface area (TPSA) is 93.1 Å². The highest BCUT2D eigenvalue weighted by molar-refractivity contribution is 6.13. The van der Waals surface area contributed by atoms with Crippen LogP contribution < -0.4 is 9.47 Å². The summed E-state index contributed by atoms with van der Waals surface area (Å²) in [6.07, 6.45) is 2.07. The first-order chi connectivity index (χ1) is 11.9. The van der Waals surface area contributed by atoms with Crippen LogP contribution in [0.3, 0.4) is 0 Å². The molecule has 0 saturated heterocycles. The molecule has 1 aromatic carbocycles. The third-order valence-electron chi connectivity index (χ3n) is 4.72. The van der Waals surface area contributed by atoms with Crippen molar-refractivity contribution in [1.29, 1.82) is 0 Å². The van der Waals surface area contributed by atoms with Crippen LogP contribution in [0.25, 0.3) is 6.08 Å². The normalized spacial score (nSPS) is 22.3. The van der Waals surface area contributed by atoms with Gasteiger partial charge in [-0.15, -0.1) is 0 Å². The number of carbonyl (C=O) groups is 2. The van der Waals surface area contributed by atoms with Crippen LogP contribution >= 0.6 is 0 Å². The molecule has 0 aromatic heterocycles. The Balaban J connectivity index is 2.39. The predicted molar refractivity (Wildman–Crippen MR) is 96.1 cm³/mol. The number of aliphatic hydroxyl groups is 1. The van der Waals surface area contributed by atoms with Gasteiger partial charge in [0.25, 0.3) is 0 Å². The molecule has 2 N–H and O–H groups in total. The molecule has 0 saturated carbocycles. The van der Waals surface area contributed by atoms with Crippen LogP contribution in [0.5, 0.6) is 17.2 Å². The molecular formula is C20H24O6. The lowest BCUT2D eigenvalue weighted by molar-refractivity contribution is -0.0257. The molecule has 2 aliphatic heterocycles. The monoisotopic (exact) mass is 360 g/mol. The summed E-state index contributed by atoms with van der Waals surface area (Å²) in [6, 6.07) is 0. The molecule has 140 valence electrons. The summed E-state index contributed by atoms with van der Waals surface area (Å²) in [5.74, 6) is -1.60. The Morgan fingerprint density at radius 2 is 1.77 bits per heavy atom. The Kier molecular flexibility index (Phi) is 3.96. The van der Waals surface area contributed by atoms with Crippen molar-refractivity contribution in [2.75, 3.05) is 0 Å². The van der Waals surface area contributed by atoms with Crippen molar-refractivity contribution >= 4 is 17.6 Å². The number of hydrogen-bond acceptors (Lipinski definition) is 6. The van der Waals surface area contributed by atoms with E-state index in [2.05, 4.69) is 0 Å². The first-order valence-corrected chi connectivity index (χ1v) is 8.64. The maximum atomic E-state index is 12.8. The van der Waals surface area contributed by atoms with Crippen molar-refractivity contribution in [2.24, 2.45) is 5.92 Å². The number of phenolic OH excluding ortho intramolecular Hbond substituents is 1. The quantitative estimate of drug-likeness (QED) is 0.787. The number of aromatic hydroxyl groups is 1. The van der Waals surface area contributed by atoms with E-state index in [4.69, 9.17) is 9.47 Å². The average Bonchev–Trinajstić information content (AvgIpc) is 2.51. The van der Waals surface area contributed by atoms with Gasteiger partial charge in [-0.2, -0.15) is 0 Å². The van der Waals surface area contributed by atoms with Gasteiger partial charge in [-0.05, 0) is 39.8 Å². The molecule has 0 aliphatic carbocycles. The van der Waals surface area contributed by atoms with Crippen molar-refractivity contribution in [2.45, 2.75) is 58.8 Å². The number of rotatable bonds is 2. The summed E-state index contributed by atoms with van der Waals surface area (Å²) in [6.45, 7) is 10.2. The predicted octanol–water partition coefficient (Wildman–Crippen LogP) is 3.13. The number of benzene rings is 1. The molecule has 1 aromatic rings. The Hall–Kier alpha value is -2.34. The number of aliphatic hydroxyl groups excluding tert-OH is 1. The third kappa shape index (κ3) is 2.60. The summed E-state index contributed by atoms with van der Waals surface area (Å²) in [5, 5.41) is 21.1. The Morgan fingerprint density at radius 3 is 2.35 bits per heavy atom. The molecule has 3 rings (SSSR count). The van der Waals surface area contributed by atoms with Gasteiger partial charge < -0.3 is 19.7 Å². The summed E-state index contributed by atoms with van der Waals surface area (Å²) < 4.78 is 11.8. The number of ketones is 2. The molecule has 6 heteroatoms. The number of hydrogen-bond donors (Lipinski definition) is 2. The van der Waals surface area contributed by atoms with E-state index in [9.17, 15) is 19.8 Å². The van der Waals surface area contributed by atoms with E-state index in [-0.39, 0.29) is 28.4 Å². The van der Waals surface area contributed by atoms with E-state index in [1.807, 2.05) is 13.8 Å². The fourth-order valence-corrected chi connectivity index (χ4v) is 3.17. The molecule has 2 aliphatic rings. The number of ether oxygens (including phenoxy) is 2. The first-order valence-electron chi connectivity index (χ1n) is 8.64. The van der Waals surface area contributed by atoms with Crippen LogP contribution in [0.4, 0.5) is 0 Å². The zero-order chi connectivity index (χ0) is 19.6. The van der Waals surface area contributed by atoms with Gasteiger partial charge in [-0.25, -0.2) is 0 Å². The third-order valence-corrected chi connectivity index (χ3v) is 4.72. The van der Waals surface area contributed by atoms with Crippen LogP contribution in [0.1, 0.15) is 67.8 Å². The van der Waals surface area contributed by atoms with E-state index in [0.29, 0.717) is 5.56 Å². The van der Waals surface area contributed by atoms with Gasteiger partial charge in [0.2, 0.25) is 5.78 Å². The molecule has 0 bridgehead atoms. The van der Waals surface area contributed by atoms with Crippen molar-refractivity contribution in [1.82, 2.24) is 0 Å². The minimum atomic E-state index is -1.45. The molecule has 0 radical (unpaired) electrons. The molecule has 0 unspecified atom stereocenters. The second-order valence-electron chi connectivity index (χ2n) is 8.20. The molecule has 26 heavy (non-hydrogen) atoms. The SMILES string of the molecule is CC(C)C(=O)c1c(O)c2c(c3c1OC(C)(C)C=C3)OC(C)(C)[C@@H](O)C2=O. The van der Waals surface area contributed by atoms with E-state index in [0.717, 1.165) is 0 Å². The maximum Gasteiger partial charge on any atom is 0.202 e. The van der Waals surface area contributed by atoms with Crippen LogP contribution in [-0.2, 0) is 0 Å². The van der Waals surface area contributed by atoms with Gasteiger partial charge in [-0.3, -0.25) is 9.59 Å². The second-order valence-corrected chi connectivity index (χ2v) is 8.20. The Morgan fingerprint density at radius 1 is 1.15 bits per heavy atom. The molecule has 1 atom stereocenters. The first kappa shape index (κ1) is 18.5. The van der Waals surface area contributed by atoms with Gasteiger partial charge in [-0.1, -0.05) is 13.8 Å². The number of phenols is 1. The maximum absolute atomic E-state index is 12.8. The zero-order valence-electron chi connectivity index (χ0n) is 15.8. The molecular weight excluding hydrogens is 336 g/mol. The van der Waals surface area contributed by atoms with Crippen molar-refractivity contribution in [3.8, 4) is 17.2 Å². The highest BCUT2D eigenvalue weighted by Crippen LogP contribution is 2.51. The van der Waals surface area contributed by atoms with Gasteiger partial charge in [0.1, 0.15) is 39.6 Å². The average molecular weight is 360 g/mol. The number of carbonyl (C=O) groups excluding carboxylic acids is 2. The largest absolute Gasteiger partial charge is 0.506 e. The van der Waals surface area contributed by atoms with Gasteiger partial charge >= 0.3 is 0 Å². The Bertz CT molecular complexity index is 845.